The van der Waals surface area contributed by atoms with E-state index in [-0.39, 0.29) is 29.6 Å². The Hall–Kier alpha value is -3.09. The summed E-state index contributed by atoms with van der Waals surface area (Å²) in [5, 5.41) is 27.8. The second-order valence-corrected chi connectivity index (χ2v) is 5.46. The van der Waals surface area contributed by atoms with Crippen LogP contribution >= 0.6 is 0 Å². The van der Waals surface area contributed by atoms with E-state index in [0.717, 1.165) is 18.4 Å². The van der Waals surface area contributed by atoms with Crippen molar-refractivity contribution < 1.29 is 34.3 Å². The Morgan fingerprint density at radius 2 is 1.92 bits per heavy atom. The van der Waals surface area contributed by atoms with Gasteiger partial charge < -0.3 is 29.5 Å². The van der Waals surface area contributed by atoms with Crippen LogP contribution in [0.1, 0.15) is 18.9 Å². The molecule has 0 aliphatic carbocycles. The largest absolute Gasteiger partial charge is 0.508 e. The van der Waals surface area contributed by atoms with Crippen molar-refractivity contribution in [2.45, 2.75) is 19.8 Å². The zero-order valence-electron chi connectivity index (χ0n) is 14.5. The highest BCUT2D eigenvalue weighted by Crippen LogP contribution is 2.35. The summed E-state index contributed by atoms with van der Waals surface area (Å²) < 4.78 is 14.9. The van der Waals surface area contributed by atoms with Crippen LogP contribution in [0.5, 0.6) is 28.7 Å². The summed E-state index contributed by atoms with van der Waals surface area (Å²) in [6.45, 7) is 2.52. The highest BCUT2D eigenvalue weighted by molar-refractivity contribution is 5.71. The van der Waals surface area contributed by atoms with E-state index in [0.29, 0.717) is 19.0 Å². The van der Waals surface area contributed by atoms with Crippen molar-refractivity contribution in [1.29, 1.82) is 0 Å². The first kappa shape index (κ1) is 19.2. The van der Waals surface area contributed by atoms with Gasteiger partial charge in [0.2, 0.25) is 0 Å². The minimum Gasteiger partial charge on any atom is -0.508 e. The number of ether oxygens (including phenoxy) is 3. The fourth-order valence-corrected chi connectivity index (χ4v) is 2.35. The van der Waals surface area contributed by atoms with E-state index in [1.54, 1.807) is 25.1 Å². The smallest absolute Gasteiger partial charge is 0.344 e. The molecule has 0 unspecified atom stereocenters. The molecule has 0 fully saturated rings. The van der Waals surface area contributed by atoms with Crippen LogP contribution in [-0.4, -0.2) is 41.1 Å². The van der Waals surface area contributed by atoms with Crippen LogP contribution in [0.2, 0.25) is 0 Å². The summed E-state index contributed by atoms with van der Waals surface area (Å²) in [7, 11) is 0. The Kier molecular flexibility index (Phi) is 6.96. The Balaban J connectivity index is 0.000000189. The summed E-state index contributed by atoms with van der Waals surface area (Å²) >= 11 is 0. The molecule has 1 heterocycles. The lowest BCUT2D eigenvalue weighted by atomic mass is 10.1. The van der Waals surface area contributed by atoms with Crippen molar-refractivity contribution in [1.82, 2.24) is 0 Å². The van der Waals surface area contributed by atoms with Crippen molar-refractivity contribution >= 4 is 5.97 Å². The monoisotopic (exact) mass is 362 g/mol. The molecule has 3 rings (SSSR count). The maximum atomic E-state index is 10.9. The summed E-state index contributed by atoms with van der Waals surface area (Å²) in [6, 6.07) is 9.32. The van der Waals surface area contributed by atoms with E-state index >= 15 is 0 Å². The van der Waals surface area contributed by atoms with E-state index in [2.05, 4.69) is 4.74 Å². The first-order valence-electron chi connectivity index (χ1n) is 8.25. The minimum atomic E-state index is -0.448. The Morgan fingerprint density at radius 1 is 1.15 bits per heavy atom. The van der Waals surface area contributed by atoms with Crippen LogP contribution in [0.25, 0.3) is 0 Å². The average molecular weight is 362 g/mol. The number of phenolic OH excluding ortho intramolecular Hbond substituents is 3. The van der Waals surface area contributed by atoms with Crippen molar-refractivity contribution in [2.24, 2.45) is 0 Å². The highest BCUT2D eigenvalue weighted by Gasteiger charge is 2.15. The normalized spacial score (nSPS) is 12.0. The number of aromatic hydroxyl groups is 3. The van der Waals surface area contributed by atoms with E-state index in [4.69, 9.17) is 14.6 Å². The molecule has 0 saturated heterocycles. The van der Waals surface area contributed by atoms with Crippen LogP contribution in [-0.2, 0) is 16.0 Å². The van der Waals surface area contributed by atoms with Crippen LogP contribution < -0.4 is 9.47 Å². The maximum Gasteiger partial charge on any atom is 0.344 e. The summed E-state index contributed by atoms with van der Waals surface area (Å²) in [6.07, 6.45) is 1.74. The van der Waals surface area contributed by atoms with E-state index < -0.39 is 5.97 Å². The maximum absolute atomic E-state index is 10.9. The number of hydrogen-bond donors (Lipinski definition) is 3. The molecule has 0 radical (unpaired) electrons. The zero-order chi connectivity index (χ0) is 18.9. The zero-order valence-corrected chi connectivity index (χ0v) is 14.5. The molecule has 7 nitrogen and oxygen atoms in total. The number of phenols is 3. The Morgan fingerprint density at radius 3 is 2.65 bits per heavy atom. The molecule has 0 spiro atoms. The molecule has 0 amide bonds. The van der Waals surface area contributed by atoms with Gasteiger partial charge in [-0.05, 0) is 31.9 Å². The average Bonchev–Trinajstić information content (AvgIpc) is 2.62. The third-order valence-corrected chi connectivity index (χ3v) is 3.51. The van der Waals surface area contributed by atoms with Crippen molar-refractivity contribution in [3.8, 4) is 28.7 Å². The lowest BCUT2D eigenvalue weighted by Gasteiger charge is -2.17. The van der Waals surface area contributed by atoms with Crippen LogP contribution in [0.4, 0.5) is 0 Å². The lowest BCUT2D eigenvalue weighted by Crippen LogP contribution is -2.14. The first-order valence-corrected chi connectivity index (χ1v) is 8.25. The number of carbonyl (C=O) groups excluding carboxylic acids is 1. The predicted octanol–water partition coefficient (Wildman–Crippen LogP) is 2.76. The molecular weight excluding hydrogens is 340 g/mol. The van der Waals surface area contributed by atoms with Gasteiger partial charge in [-0.25, -0.2) is 4.79 Å². The standard InChI is InChI=1S/C10H12O4.C9H10O3/c1-2-13-10(12)7-14-9-6-4-3-5-8(9)11;10-6-4-8(11)7-2-1-3-12-9(7)5-6/h3-6,11H,2,7H2,1H3;4-5,10-11H,1-3H2. The first-order chi connectivity index (χ1) is 12.5. The van der Waals surface area contributed by atoms with Crippen molar-refractivity contribution in [3.05, 3.63) is 42.0 Å². The number of carbonyl (C=O) groups is 1. The molecule has 0 saturated carbocycles. The Bertz CT molecular complexity index is 743. The SMILES string of the molecule is CCOC(=O)COc1ccccc1O.Oc1cc(O)c2c(c1)OCCC2. The number of fused-ring (bicyclic) bond motifs is 1. The van der Waals surface area contributed by atoms with Gasteiger partial charge in [-0.3, -0.25) is 0 Å². The summed E-state index contributed by atoms with van der Waals surface area (Å²) in [4.78, 5) is 10.9. The quantitative estimate of drug-likeness (QED) is 0.718. The van der Waals surface area contributed by atoms with Gasteiger partial charge in [0.25, 0.3) is 0 Å². The van der Waals surface area contributed by atoms with E-state index in [1.165, 1.54) is 18.2 Å². The third-order valence-electron chi connectivity index (χ3n) is 3.51. The van der Waals surface area contributed by atoms with Crippen LogP contribution in [0, 0.1) is 0 Å². The molecule has 1 aliphatic heterocycles. The fourth-order valence-electron chi connectivity index (χ4n) is 2.35. The van der Waals surface area contributed by atoms with Gasteiger partial charge in [-0.2, -0.15) is 0 Å². The minimum absolute atomic E-state index is 0.0109. The van der Waals surface area contributed by atoms with E-state index in [1.807, 2.05) is 0 Å². The molecule has 3 N–H and O–H groups in total. The van der Waals surface area contributed by atoms with Gasteiger partial charge in [0.05, 0.1) is 13.2 Å². The molecule has 140 valence electrons. The second kappa shape index (κ2) is 9.41. The number of rotatable bonds is 4. The van der Waals surface area contributed by atoms with Gasteiger partial charge in [0.15, 0.2) is 18.1 Å². The predicted molar refractivity (Wildman–Crippen MR) is 93.8 cm³/mol. The van der Waals surface area contributed by atoms with Gasteiger partial charge in [-0.15, -0.1) is 0 Å². The molecule has 0 atom stereocenters. The lowest BCUT2D eigenvalue weighted by molar-refractivity contribution is -0.145. The molecule has 0 bridgehead atoms. The summed E-state index contributed by atoms with van der Waals surface area (Å²) in [5.41, 5.74) is 0.805. The van der Waals surface area contributed by atoms with E-state index in [9.17, 15) is 15.0 Å². The Labute approximate surface area is 151 Å². The van der Waals surface area contributed by atoms with Crippen molar-refractivity contribution in [2.75, 3.05) is 19.8 Å². The number of benzene rings is 2. The molecule has 26 heavy (non-hydrogen) atoms. The van der Waals surface area contributed by atoms with Gasteiger partial charge >= 0.3 is 5.97 Å². The molecule has 2 aromatic carbocycles. The highest BCUT2D eigenvalue weighted by atomic mass is 16.6. The summed E-state index contributed by atoms with van der Waals surface area (Å²) in [5.74, 6) is 0.629. The third kappa shape index (κ3) is 5.47. The van der Waals surface area contributed by atoms with Gasteiger partial charge in [0, 0.05) is 17.7 Å². The number of esters is 1. The van der Waals surface area contributed by atoms with Gasteiger partial charge in [-0.1, -0.05) is 12.1 Å². The van der Waals surface area contributed by atoms with Gasteiger partial charge in [0.1, 0.15) is 17.2 Å². The van der Waals surface area contributed by atoms with Crippen LogP contribution in [0.15, 0.2) is 36.4 Å². The van der Waals surface area contributed by atoms with Crippen LogP contribution in [0.3, 0.4) is 0 Å². The number of para-hydroxylation sites is 2. The number of hydrogen-bond acceptors (Lipinski definition) is 7. The fraction of sp³-hybridized carbons (Fsp3) is 0.316. The molecular formula is C19H22O7. The molecule has 0 aromatic heterocycles. The molecule has 1 aliphatic rings. The van der Waals surface area contributed by atoms with Crippen molar-refractivity contribution in [3.63, 3.8) is 0 Å². The molecule has 7 heteroatoms. The molecule has 2 aromatic rings. The second-order valence-electron chi connectivity index (χ2n) is 5.46. The topological polar surface area (TPSA) is 105 Å².